The number of imidazole rings is 1. The maximum absolute atomic E-state index is 12.6. The van der Waals surface area contributed by atoms with Gasteiger partial charge in [0.25, 0.3) is 5.56 Å². The SMILES string of the molecule is CCn1c(=O)n(C)c(=O)c2c1nc(C1CC1)n2CC(C)(C)N. The van der Waals surface area contributed by atoms with E-state index < -0.39 is 5.54 Å². The first kappa shape index (κ1) is 15.0. The summed E-state index contributed by atoms with van der Waals surface area (Å²) in [5.41, 5.74) is 6.07. The first-order valence-corrected chi connectivity index (χ1v) is 7.73. The Morgan fingerprint density at radius 1 is 1.27 bits per heavy atom. The average Bonchev–Trinajstić information content (AvgIpc) is 3.19. The van der Waals surface area contributed by atoms with Gasteiger partial charge in [-0.05, 0) is 33.6 Å². The van der Waals surface area contributed by atoms with Gasteiger partial charge in [-0.25, -0.2) is 9.78 Å². The van der Waals surface area contributed by atoms with Crippen LogP contribution in [0.15, 0.2) is 9.59 Å². The molecule has 0 aliphatic heterocycles. The summed E-state index contributed by atoms with van der Waals surface area (Å²) < 4.78 is 4.65. The largest absolute Gasteiger partial charge is 0.332 e. The first-order chi connectivity index (χ1) is 10.2. The highest BCUT2D eigenvalue weighted by Crippen LogP contribution is 2.40. The summed E-state index contributed by atoms with van der Waals surface area (Å²) in [6.07, 6.45) is 2.15. The Hall–Kier alpha value is -1.89. The number of hydrogen-bond donors (Lipinski definition) is 1. The van der Waals surface area contributed by atoms with Crippen molar-refractivity contribution in [1.82, 2.24) is 18.7 Å². The van der Waals surface area contributed by atoms with E-state index in [1.54, 1.807) is 4.57 Å². The molecule has 0 atom stereocenters. The van der Waals surface area contributed by atoms with Crippen molar-refractivity contribution >= 4 is 11.2 Å². The van der Waals surface area contributed by atoms with Crippen LogP contribution in [0.3, 0.4) is 0 Å². The second-order valence-corrected chi connectivity index (χ2v) is 6.88. The van der Waals surface area contributed by atoms with Gasteiger partial charge in [-0.1, -0.05) is 0 Å². The number of rotatable bonds is 4. The number of nitrogens with zero attached hydrogens (tertiary/aromatic N) is 4. The Morgan fingerprint density at radius 3 is 2.41 bits per heavy atom. The van der Waals surface area contributed by atoms with Crippen molar-refractivity contribution in [2.45, 2.75) is 58.2 Å². The van der Waals surface area contributed by atoms with Gasteiger partial charge in [0, 0.05) is 31.6 Å². The van der Waals surface area contributed by atoms with E-state index in [2.05, 4.69) is 4.98 Å². The second-order valence-electron chi connectivity index (χ2n) is 6.88. The van der Waals surface area contributed by atoms with E-state index in [0.717, 1.165) is 23.2 Å². The Bertz CT molecular complexity index is 846. The van der Waals surface area contributed by atoms with Crippen LogP contribution in [0.25, 0.3) is 11.2 Å². The van der Waals surface area contributed by atoms with Crippen LogP contribution in [-0.2, 0) is 20.1 Å². The van der Waals surface area contributed by atoms with E-state index in [1.807, 2.05) is 25.3 Å². The van der Waals surface area contributed by atoms with E-state index in [9.17, 15) is 9.59 Å². The Labute approximate surface area is 128 Å². The van der Waals surface area contributed by atoms with Crippen LogP contribution in [0.4, 0.5) is 0 Å². The predicted octanol–water partition coefficient (Wildman–Crippen LogP) is 0.531. The van der Waals surface area contributed by atoms with Gasteiger partial charge in [-0.2, -0.15) is 0 Å². The third-order valence-electron chi connectivity index (χ3n) is 4.08. The van der Waals surface area contributed by atoms with Gasteiger partial charge in [0.1, 0.15) is 5.82 Å². The highest BCUT2D eigenvalue weighted by atomic mass is 16.2. The van der Waals surface area contributed by atoms with Crippen LogP contribution in [0.2, 0.25) is 0 Å². The number of aromatic nitrogens is 4. The van der Waals surface area contributed by atoms with E-state index in [1.165, 1.54) is 7.05 Å². The zero-order valence-corrected chi connectivity index (χ0v) is 13.6. The minimum absolute atomic E-state index is 0.298. The van der Waals surface area contributed by atoms with Gasteiger partial charge in [-0.15, -0.1) is 0 Å². The van der Waals surface area contributed by atoms with Gasteiger partial charge < -0.3 is 10.3 Å². The molecule has 0 saturated heterocycles. The zero-order valence-electron chi connectivity index (χ0n) is 13.6. The third-order valence-corrected chi connectivity index (χ3v) is 4.08. The molecule has 7 heteroatoms. The summed E-state index contributed by atoms with van der Waals surface area (Å²) >= 11 is 0. The van der Waals surface area contributed by atoms with Gasteiger partial charge in [0.2, 0.25) is 0 Å². The average molecular weight is 305 g/mol. The summed E-state index contributed by atoms with van der Waals surface area (Å²) in [5, 5.41) is 0. The van der Waals surface area contributed by atoms with Crippen LogP contribution in [-0.4, -0.2) is 24.2 Å². The number of aryl methyl sites for hydroxylation is 1. The molecule has 2 aromatic heterocycles. The van der Waals surface area contributed by atoms with Crippen molar-refractivity contribution in [2.75, 3.05) is 0 Å². The first-order valence-electron chi connectivity index (χ1n) is 7.73. The van der Waals surface area contributed by atoms with E-state index >= 15 is 0 Å². The van der Waals surface area contributed by atoms with E-state index in [-0.39, 0.29) is 11.2 Å². The predicted molar refractivity (Wildman–Crippen MR) is 85.1 cm³/mol. The quantitative estimate of drug-likeness (QED) is 0.892. The van der Waals surface area contributed by atoms with Gasteiger partial charge in [0.15, 0.2) is 11.2 Å². The summed E-state index contributed by atoms with van der Waals surface area (Å²) in [5.74, 6) is 1.26. The minimum Gasteiger partial charge on any atom is -0.324 e. The molecule has 22 heavy (non-hydrogen) atoms. The highest BCUT2D eigenvalue weighted by molar-refractivity contribution is 5.71. The lowest BCUT2D eigenvalue weighted by molar-refractivity contribution is 0.431. The molecule has 1 aliphatic carbocycles. The summed E-state index contributed by atoms with van der Waals surface area (Å²) in [6, 6.07) is 0. The van der Waals surface area contributed by atoms with Crippen LogP contribution in [0.5, 0.6) is 0 Å². The molecule has 2 aromatic rings. The molecule has 7 nitrogen and oxygen atoms in total. The number of fused-ring (bicyclic) bond motifs is 1. The maximum atomic E-state index is 12.6. The van der Waals surface area contributed by atoms with Crippen molar-refractivity contribution in [3.8, 4) is 0 Å². The molecule has 0 unspecified atom stereocenters. The minimum atomic E-state index is -0.463. The molecule has 1 saturated carbocycles. The molecule has 0 amide bonds. The van der Waals surface area contributed by atoms with Crippen molar-refractivity contribution < 1.29 is 0 Å². The fourth-order valence-corrected chi connectivity index (χ4v) is 2.88. The summed E-state index contributed by atoms with van der Waals surface area (Å²) in [4.78, 5) is 29.6. The molecule has 3 rings (SSSR count). The van der Waals surface area contributed by atoms with Gasteiger partial charge in [0.05, 0.1) is 0 Å². The highest BCUT2D eigenvalue weighted by Gasteiger charge is 2.32. The molecular formula is C15H23N5O2. The Morgan fingerprint density at radius 2 is 1.91 bits per heavy atom. The molecule has 0 bridgehead atoms. The molecule has 0 radical (unpaired) electrons. The monoisotopic (exact) mass is 305 g/mol. The van der Waals surface area contributed by atoms with Crippen molar-refractivity contribution in [3.05, 3.63) is 26.7 Å². The lowest BCUT2D eigenvalue weighted by Crippen LogP contribution is -2.41. The molecular weight excluding hydrogens is 282 g/mol. The summed E-state index contributed by atoms with van der Waals surface area (Å²) in [6.45, 7) is 6.72. The molecule has 0 spiro atoms. The lowest BCUT2D eigenvalue weighted by Gasteiger charge is -2.21. The maximum Gasteiger partial charge on any atom is 0.332 e. The van der Waals surface area contributed by atoms with Gasteiger partial charge in [-0.3, -0.25) is 13.9 Å². The summed E-state index contributed by atoms with van der Waals surface area (Å²) in [7, 11) is 1.51. The van der Waals surface area contributed by atoms with Crippen molar-refractivity contribution in [3.63, 3.8) is 0 Å². The normalized spacial score (nSPS) is 15.7. The smallest absolute Gasteiger partial charge is 0.324 e. The topological polar surface area (TPSA) is 87.8 Å². The molecule has 2 N–H and O–H groups in total. The van der Waals surface area contributed by atoms with E-state index in [0.29, 0.717) is 30.2 Å². The zero-order chi connectivity index (χ0) is 16.2. The fourth-order valence-electron chi connectivity index (χ4n) is 2.88. The van der Waals surface area contributed by atoms with Crippen molar-refractivity contribution in [1.29, 1.82) is 0 Å². The molecule has 120 valence electrons. The van der Waals surface area contributed by atoms with Crippen molar-refractivity contribution in [2.24, 2.45) is 12.8 Å². The lowest BCUT2D eigenvalue weighted by atomic mass is 10.1. The molecule has 1 fully saturated rings. The number of nitrogens with two attached hydrogens (primary N) is 1. The van der Waals surface area contributed by atoms with Crippen LogP contribution >= 0.6 is 0 Å². The Balaban J connectivity index is 2.41. The molecule has 1 aliphatic rings. The fraction of sp³-hybridized carbons (Fsp3) is 0.667. The Kier molecular flexibility index (Phi) is 3.28. The standard InChI is InChI=1S/C15H23N5O2/c1-5-19-12-10(13(21)18(4)14(19)22)20(8-15(2,3)16)11(17-12)9-6-7-9/h9H,5-8,16H2,1-4H3. The van der Waals surface area contributed by atoms with Gasteiger partial charge >= 0.3 is 5.69 Å². The van der Waals surface area contributed by atoms with E-state index in [4.69, 9.17) is 5.73 Å². The molecule has 0 aromatic carbocycles. The van der Waals surface area contributed by atoms with Crippen LogP contribution in [0, 0.1) is 0 Å². The van der Waals surface area contributed by atoms with Crippen LogP contribution < -0.4 is 17.0 Å². The second kappa shape index (κ2) is 4.81. The third kappa shape index (κ3) is 2.29. The molecule has 2 heterocycles. The number of hydrogen-bond acceptors (Lipinski definition) is 4. The van der Waals surface area contributed by atoms with Crippen LogP contribution in [0.1, 0.15) is 45.4 Å².